The summed E-state index contributed by atoms with van der Waals surface area (Å²) in [6.45, 7) is 3.15. The third kappa shape index (κ3) is 5.42. The largest absolute Gasteiger partial charge is 0.322 e. The Bertz CT molecular complexity index is 757. The molecule has 3 nitrogen and oxygen atoms in total. The van der Waals surface area contributed by atoms with Gasteiger partial charge in [-0.2, -0.15) is 0 Å². The zero-order valence-corrected chi connectivity index (χ0v) is 17.4. The maximum atomic E-state index is 12.8. The summed E-state index contributed by atoms with van der Waals surface area (Å²) in [5.74, 6) is 1.10. The van der Waals surface area contributed by atoms with Crippen molar-refractivity contribution in [1.82, 2.24) is 0 Å². The first-order valence-electron chi connectivity index (χ1n) is 8.80. The van der Waals surface area contributed by atoms with Crippen molar-refractivity contribution in [2.45, 2.75) is 32.6 Å². The first-order valence-corrected chi connectivity index (χ1v) is 9.17. The van der Waals surface area contributed by atoms with Gasteiger partial charge in [0.1, 0.15) is 5.84 Å². The molecule has 0 radical (unpaired) electrons. The lowest BCUT2D eigenvalue weighted by molar-refractivity contribution is 0.100. The van der Waals surface area contributed by atoms with E-state index in [1.165, 1.54) is 6.42 Å². The van der Waals surface area contributed by atoms with Crippen molar-refractivity contribution in [2.24, 2.45) is 4.99 Å². The smallest absolute Gasteiger partial charge is 0.182 e. The van der Waals surface area contributed by atoms with Gasteiger partial charge in [0, 0.05) is 29.2 Å². The minimum atomic E-state index is 0. The molecule has 26 heavy (non-hydrogen) atoms. The van der Waals surface area contributed by atoms with Gasteiger partial charge in [-0.25, -0.2) is 0 Å². The Morgan fingerprint density at radius 2 is 1.73 bits per heavy atom. The summed E-state index contributed by atoms with van der Waals surface area (Å²) in [5, 5.41) is 0.691. The van der Waals surface area contributed by atoms with Crippen LogP contribution in [0.25, 0.3) is 0 Å². The van der Waals surface area contributed by atoms with Gasteiger partial charge in [-0.3, -0.25) is 9.79 Å². The molecule has 0 amide bonds. The van der Waals surface area contributed by atoms with Gasteiger partial charge >= 0.3 is 0 Å². The average Bonchev–Trinajstić information content (AvgIpc) is 2.90. The molecular formula is C21H24BrClN2O. The Morgan fingerprint density at radius 1 is 1.04 bits per heavy atom. The maximum absolute atomic E-state index is 12.8. The van der Waals surface area contributed by atoms with Crippen LogP contribution in [0.4, 0.5) is 5.69 Å². The van der Waals surface area contributed by atoms with Crippen molar-refractivity contribution in [1.29, 1.82) is 0 Å². The number of halogens is 2. The standard InChI is InChI=1S/C21H23ClN2O.BrH/c1-16-6-8-17(9-7-16)20(25)15-24(19-12-10-18(22)11-13-19)21-5-3-2-4-14-23-21;/h6-13H,2-5,14-15H2,1H3;1H. The van der Waals surface area contributed by atoms with Crippen molar-refractivity contribution in [3.8, 4) is 0 Å². The molecule has 2 aromatic carbocycles. The van der Waals surface area contributed by atoms with Crippen LogP contribution in [-0.2, 0) is 0 Å². The zero-order valence-electron chi connectivity index (χ0n) is 15.0. The lowest BCUT2D eigenvalue weighted by Gasteiger charge is -2.25. The van der Waals surface area contributed by atoms with Crippen molar-refractivity contribution in [2.75, 3.05) is 18.0 Å². The molecule has 0 fully saturated rings. The molecule has 0 aromatic heterocycles. The summed E-state index contributed by atoms with van der Waals surface area (Å²) in [5.41, 5.74) is 2.85. The molecule has 0 N–H and O–H groups in total. The first kappa shape index (κ1) is 20.7. The van der Waals surface area contributed by atoms with Gasteiger partial charge < -0.3 is 4.90 Å². The van der Waals surface area contributed by atoms with Gasteiger partial charge in [-0.15, -0.1) is 17.0 Å². The monoisotopic (exact) mass is 434 g/mol. The number of carbonyl (C=O) groups is 1. The van der Waals surface area contributed by atoms with Crippen molar-refractivity contribution in [3.05, 3.63) is 64.7 Å². The van der Waals surface area contributed by atoms with Crippen LogP contribution >= 0.6 is 28.6 Å². The van der Waals surface area contributed by atoms with Crippen LogP contribution in [0, 0.1) is 6.92 Å². The first-order chi connectivity index (χ1) is 12.1. The summed E-state index contributed by atoms with van der Waals surface area (Å²) < 4.78 is 0. The summed E-state index contributed by atoms with van der Waals surface area (Å²) in [6.07, 6.45) is 4.32. The molecule has 0 saturated heterocycles. The predicted octanol–water partition coefficient (Wildman–Crippen LogP) is 5.89. The SMILES string of the molecule is Br.Cc1ccc(C(=O)CN(C2=NCCCCC2)c2ccc(Cl)cc2)cc1. The molecule has 0 atom stereocenters. The molecular weight excluding hydrogens is 412 g/mol. The molecule has 0 aliphatic carbocycles. The second-order valence-corrected chi connectivity index (χ2v) is 6.90. The quantitative estimate of drug-likeness (QED) is 0.561. The summed E-state index contributed by atoms with van der Waals surface area (Å²) >= 11 is 6.03. The van der Waals surface area contributed by atoms with Gasteiger partial charge in [0.25, 0.3) is 0 Å². The van der Waals surface area contributed by atoms with E-state index < -0.39 is 0 Å². The number of ketones is 1. The zero-order chi connectivity index (χ0) is 17.6. The Hall–Kier alpha value is -1.65. The van der Waals surface area contributed by atoms with Crippen molar-refractivity contribution >= 4 is 45.9 Å². The van der Waals surface area contributed by atoms with E-state index in [1.54, 1.807) is 0 Å². The van der Waals surface area contributed by atoms with Crippen LogP contribution in [0.5, 0.6) is 0 Å². The van der Waals surface area contributed by atoms with E-state index in [4.69, 9.17) is 16.6 Å². The molecule has 1 aliphatic heterocycles. The molecule has 0 spiro atoms. The van der Waals surface area contributed by atoms with E-state index in [9.17, 15) is 4.79 Å². The molecule has 0 unspecified atom stereocenters. The van der Waals surface area contributed by atoms with E-state index in [1.807, 2.05) is 60.4 Å². The average molecular weight is 436 g/mol. The number of Topliss-reactive ketones (excluding diaryl/α,β-unsaturated/α-hetero) is 1. The van der Waals surface area contributed by atoms with Crippen molar-refractivity contribution < 1.29 is 4.79 Å². The Labute approximate surface area is 170 Å². The highest BCUT2D eigenvalue weighted by Gasteiger charge is 2.19. The number of rotatable bonds is 4. The lowest BCUT2D eigenvalue weighted by Crippen LogP contribution is -2.36. The Kier molecular flexibility index (Phi) is 7.85. The highest BCUT2D eigenvalue weighted by molar-refractivity contribution is 8.93. The molecule has 5 heteroatoms. The third-order valence-electron chi connectivity index (χ3n) is 4.48. The number of amidine groups is 1. The number of aliphatic imine (C=N–C) groups is 1. The number of hydrogen-bond donors (Lipinski definition) is 0. The number of hydrogen-bond acceptors (Lipinski definition) is 3. The van der Waals surface area contributed by atoms with E-state index in [0.717, 1.165) is 48.5 Å². The maximum Gasteiger partial charge on any atom is 0.182 e. The minimum Gasteiger partial charge on any atom is -0.322 e. The lowest BCUT2D eigenvalue weighted by atomic mass is 10.1. The number of benzene rings is 2. The number of aryl methyl sites for hydroxylation is 1. The van der Waals surface area contributed by atoms with Gasteiger partial charge in [-0.05, 0) is 44.0 Å². The number of anilines is 1. The van der Waals surface area contributed by atoms with Crippen LogP contribution < -0.4 is 4.90 Å². The normalized spacial score (nSPS) is 14.0. The molecule has 0 bridgehead atoms. The highest BCUT2D eigenvalue weighted by atomic mass is 79.9. The fourth-order valence-electron chi connectivity index (χ4n) is 3.01. The Balaban J connectivity index is 0.00000243. The van der Waals surface area contributed by atoms with Crippen LogP contribution in [0.1, 0.15) is 41.6 Å². The van der Waals surface area contributed by atoms with E-state index in [2.05, 4.69) is 0 Å². The van der Waals surface area contributed by atoms with Gasteiger partial charge in [-0.1, -0.05) is 47.9 Å². The van der Waals surface area contributed by atoms with Crippen LogP contribution in [-0.4, -0.2) is 24.7 Å². The van der Waals surface area contributed by atoms with E-state index in [0.29, 0.717) is 11.6 Å². The highest BCUT2D eigenvalue weighted by Crippen LogP contribution is 2.22. The van der Waals surface area contributed by atoms with Crippen LogP contribution in [0.3, 0.4) is 0 Å². The topological polar surface area (TPSA) is 32.7 Å². The van der Waals surface area contributed by atoms with Crippen LogP contribution in [0.15, 0.2) is 53.5 Å². The fourth-order valence-corrected chi connectivity index (χ4v) is 3.13. The van der Waals surface area contributed by atoms with Crippen molar-refractivity contribution in [3.63, 3.8) is 0 Å². The minimum absolute atomic E-state index is 0. The summed E-state index contributed by atoms with van der Waals surface area (Å²) in [7, 11) is 0. The number of carbonyl (C=O) groups excluding carboxylic acids is 1. The van der Waals surface area contributed by atoms with E-state index >= 15 is 0 Å². The van der Waals surface area contributed by atoms with Gasteiger partial charge in [0.05, 0.1) is 6.54 Å². The molecule has 3 rings (SSSR count). The molecule has 138 valence electrons. The molecule has 0 saturated carbocycles. The summed E-state index contributed by atoms with van der Waals surface area (Å²) in [4.78, 5) is 19.6. The second kappa shape index (κ2) is 9.89. The number of nitrogens with zero attached hydrogens (tertiary/aromatic N) is 2. The molecule has 1 heterocycles. The van der Waals surface area contributed by atoms with Gasteiger partial charge in [0.15, 0.2) is 5.78 Å². The second-order valence-electron chi connectivity index (χ2n) is 6.46. The van der Waals surface area contributed by atoms with E-state index in [-0.39, 0.29) is 22.8 Å². The predicted molar refractivity (Wildman–Crippen MR) is 115 cm³/mol. The third-order valence-corrected chi connectivity index (χ3v) is 4.73. The molecule has 2 aromatic rings. The summed E-state index contributed by atoms with van der Waals surface area (Å²) in [6, 6.07) is 15.4. The fraction of sp³-hybridized carbons (Fsp3) is 0.333. The van der Waals surface area contributed by atoms with Crippen LogP contribution in [0.2, 0.25) is 5.02 Å². The Morgan fingerprint density at radius 3 is 2.42 bits per heavy atom. The molecule has 1 aliphatic rings. The van der Waals surface area contributed by atoms with Gasteiger partial charge in [0.2, 0.25) is 0 Å².